The topological polar surface area (TPSA) is 178 Å². The highest BCUT2D eigenvalue weighted by molar-refractivity contribution is 7.89. The highest BCUT2D eigenvalue weighted by Crippen LogP contribution is 2.41. The van der Waals surface area contributed by atoms with Crippen molar-refractivity contribution < 1.29 is 27.9 Å². The van der Waals surface area contributed by atoms with E-state index in [9.17, 15) is 18.6 Å². The second kappa shape index (κ2) is 9.84. The molecule has 1 saturated heterocycles. The molecule has 198 valence electrons. The van der Waals surface area contributed by atoms with Crippen molar-refractivity contribution in [3.05, 3.63) is 29.1 Å². The van der Waals surface area contributed by atoms with Crippen molar-refractivity contribution in [2.75, 3.05) is 17.6 Å². The molecule has 13 nitrogen and oxygen atoms in total. The maximum atomic E-state index is 12.1. The fourth-order valence-corrected chi connectivity index (χ4v) is 5.19. The predicted molar refractivity (Wildman–Crippen MR) is 131 cm³/mol. The number of nitrogens with one attached hydrogen (secondary N) is 2. The van der Waals surface area contributed by atoms with Crippen molar-refractivity contribution in [1.29, 1.82) is 0 Å². The minimum Gasteiger partial charge on any atom is -0.387 e. The molecule has 4 atom stereocenters. The van der Waals surface area contributed by atoms with Crippen LogP contribution in [0.1, 0.15) is 58.4 Å². The minimum absolute atomic E-state index is 0.0439. The summed E-state index contributed by atoms with van der Waals surface area (Å²) in [5.74, 6) is 0.309. The van der Waals surface area contributed by atoms with Crippen molar-refractivity contribution in [3.63, 3.8) is 0 Å². The summed E-state index contributed by atoms with van der Waals surface area (Å²) in [5, 5.41) is 28.3. The highest BCUT2D eigenvalue weighted by atomic mass is 35.5. The van der Waals surface area contributed by atoms with Gasteiger partial charge in [0, 0.05) is 24.1 Å². The second-order valence-electron chi connectivity index (χ2n) is 9.98. The fourth-order valence-electron chi connectivity index (χ4n) is 3.82. The summed E-state index contributed by atoms with van der Waals surface area (Å²) < 4.78 is 39.5. The number of aromatic nitrogens is 5. The first kappa shape index (κ1) is 26.7. The minimum atomic E-state index is -3.49. The van der Waals surface area contributed by atoms with E-state index in [0.29, 0.717) is 5.69 Å². The Morgan fingerprint density at radius 3 is 2.58 bits per heavy atom. The van der Waals surface area contributed by atoms with Crippen LogP contribution in [0.3, 0.4) is 0 Å². The van der Waals surface area contributed by atoms with Gasteiger partial charge in [-0.2, -0.15) is 9.97 Å². The molecule has 1 fully saturated rings. The molecule has 1 aliphatic heterocycles. The molecular weight excluding hydrogens is 514 g/mol. The number of hydrogen-bond acceptors (Lipinski definition) is 11. The number of aliphatic hydroxyl groups is 2. The number of aliphatic hydroxyl groups excluding tert-OH is 2. The van der Waals surface area contributed by atoms with Crippen molar-refractivity contribution in [1.82, 2.24) is 29.4 Å². The van der Waals surface area contributed by atoms with Gasteiger partial charge in [0.15, 0.2) is 29.0 Å². The van der Waals surface area contributed by atoms with Gasteiger partial charge in [0.1, 0.15) is 18.3 Å². The zero-order valence-corrected chi connectivity index (χ0v) is 22.1. The molecule has 36 heavy (non-hydrogen) atoms. The van der Waals surface area contributed by atoms with E-state index in [2.05, 4.69) is 30.1 Å². The molecular formula is C21H30ClN7O6S. The Balaban J connectivity index is 1.57. The summed E-state index contributed by atoms with van der Waals surface area (Å²) in [6.07, 6.45) is -3.30. The maximum absolute atomic E-state index is 12.1. The van der Waals surface area contributed by atoms with Crippen molar-refractivity contribution in [2.45, 2.75) is 70.6 Å². The van der Waals surface area contributed by atoms with Gasteiger partial charge in [0.05, 0.1) is 17.8 Å². The quantitative estimate of drug-likeness (QED) is 0.302. The lowest BCUT2D eigenvalue weighted by atomic mass is 9.92. The van der Waals surface area contributed by atoms with Crippen LogP contribution in [-0.4, -0.2) is 73.9 Å². The van der Waals surface area contributed by atoms with Crippen molar-refractivity contribution in [2.24, 2.45) is 0 Å². The first-order chi connectivity index (χ1) is 16.8. The number of anilines is 1. The summed E-state index contributed by atoms with van der Waals surface area (Å²) >= 11 is 6.12. The smallest absolute Gasteiger partial charge is 0.226 e. The molecule has 15 heteroatoms. The van der Waals surface area contributed by atoms with Crippen LogP contribution in [0.25, 0.3) is 11.2 Å². The van der Waals surface area contributed by atoms with E-state index in [1.54, 1.807) is 19.9 Å². The molecule has 0 spiro atoms. The highest BCUT2D eigenvalue weighted by Gasteiger charge is 2.47. The number of halogens is 1. The van der Waals surface area contributed by atoms with E-state index in [4.69, 9.17) is 20.9 Å². The lowest BCUT2D eigenvalue weighted by Crippen LogP contribution is -2.34. The Morgan fingerprint density at radius 2 is 1.94 bits per heavy atom. The van der Waals surface area contributed by atoms with Crippen LogP contribution in [0.5, 0.6) is 0 Å². The predicted octanol–water partition coefficient (Wildman–Crippen LogP) is 1.50. The van der Waals surface area contributed by atoms with Crippen LogP contribution in [0.15, 0.2) is 16.9 Å². The van der Waals surface area contributed by atoms with E-state index in [1.165, 1.54) is 10.9 Å². The SMILES string of the molecule is CC(C)NS(=O)(=O)CCNc1nc(Cl)nc2c1ncn2[C@@H]1O[C@H](c2cc(C(C)(C)C)no2)[C@@H](O)[C@H]1O. The molecule has 0 aromatic carbocycles. The molecule has 4 heterocycles. The average Bonchev–Trinajstić information content (AvgIpc) is 3.45. The summed E-state index contributed by atoms with van der Waals surface area (Å²) in [4.78, 5) is 12.6. The molecule has 3 aromatic rings. The Hall–Kier alpha value is -2.36. The Kier molecular flexibility index (Phi) is 7.29. The van der Waals surface area contributed by atoms with Gasteiger partial charge in [-0.3, -0.25) is 4.57 Å². The van der Waals surface area contributed by atoms with E-state index < -0.39 is 34.6 Å². The van der Waals surface area contributed by atoms with Crippen molar-refractivity contribution >= 4 is 38.6 Å². The molecule has 4 rings (SSSR count). The number of imidazole rings is 1. The standard InChI is InChI=1S/C21H30ClN7O6S/c1-10(2)28-36(32,33)7-6-23-17-13-18(26-20(22)25-17)29(9-24-13)19-15(31)14(30)16(34-19)11-8-12(27-35-11)21(3,4)5/h8-10,14-16,19,28,30-31H,6-7H2,1-5H3,(H,23,25,26)/t14-,15+,16+,19+/m0/s1. The van der Waals surface area contributed by atoms with Crippen LogP contribution in [0.2, 0.25) is 5.28 Å². The van der Waals surface area contributed by atoms with Crippen LogP contribution >= 0.6 is 11.6 Å². The Bertz CT molecular complexity index is 1340. The molecule has 3 aromatic heterocycles. The van der Waals surface area contributed by atoms with Crippen molar-refractivity contribution in [3.8, 4) is 0 Å². The maximum Gasteiger partial charge on any atom is 0.226 e. The first-order valence-electron chi connectivity index (χ1n) is 11.4. The molecule has 0 saturated carbocycles. The number of rotatable bonds is 8. The number of ether oxygens (including phenoxy) is 1. The normalized spacial score (nSPS) is 23.1. The van der Waals surface area contributed by atoms with Crippen LogP contribution in [-0.2, 0) is 20.2 Å². The lowest BCUT2D eigenvalue weighted by molar-refractivity contribution is -0.0434. The third-order valence-corrected chi connectivity index (χ3v) is 7.30. The molecule has 4 N–H and O–H groups in total. The van der Waals surface area contributed by atoms with E-state index in [0.717, 1.165) is 0 Å². The molecule has 1 aliphatic rings. The summed E-state index contributed by atoms with van der Waals surface area (Å²) in [6.45, 7) is 9.43. The van der Waals surface area contributed by atoms with Crippen LogP contribution < -0.4 is 10.0 Å². The van der Waals surface area contributed by atoms with E-state index >= 15 is 0 Å². The average molecular weight is 544 g/mol. The number of fused-ring (bicyclic) bond motifs is 1. The molecule has 0 unspecified atom stereocenters. The monoisotopic (exact) mass is 543 g/mol. The zero-order chi connectivity index (χ0) is 26.4. The Morgan fingerprint density at radius 1 is 1.22 bits per heavy atom. The number of sulfonamides is 1. The fraction of sp³-hybridized carbons (Fsp3) is 0.619. The van der Waals surface area contributed by atoms with Gasteiger partial charge in [0.25, 0.3) is 0 Å². The third-order valence-electron chi connectivity index (χ3n) is 5.56. The first-order valence-corrected chi connectivity index (χ1v) is 13.4. The van der Waals surface area contributed by atoms with Gasteiger partial charge in [-0.15, -0.1) is 0 Å². The number of nitrogens with zero attached hydrogens (tertiary/aromatic N) is 5. The second-order valence-corrected chi connectivity index (χ2v) is 12.2. The van der Waals surface area contributed by atoms with Gasteiger partial charge in [-0.05, 0) is 25.4 Å². The molecule has 0 radical (unpaired) electrons. The zero-order valence-electron chi connectivity index (χ0n) is 20.5. The van der Waals surface area contributed by atoms with E-state index in [-0.39, 0.29) is 51.8 Å². The molecule has 0 amide bonds. The van der Waals surface area contributed by atoms with Gasteiger partial charge < -0.3 is 24.8 Å². The van der Waals surface area contributed by atoms with Crippen LogP contribution in [0, 0.1) is 0 Å². The molecule has 0 bridgehead atoms. The molecule has 0 aliphatic carbocycles. The van der Waals surface area contributed by atoms with Crippen LogP contribution in [0.4, 0.5) is 5.82 Å². The summed E-state index contributed by atoms with van der Waals surface area (Å²) in [6, 6.07) is 1.47. The van der Waals surface area contributed by atoms with Gasteiger partial charge >= 0.3 is 0 Å². The van der Waals surface area contributed by atoms with Gasteiger partial charge in [-0.1, -0.05) is 25.9 Å². The summed E-state index contributed by atoms with van der Waals surface area (Å²) in [7, 11) is -3.49. The number of hydrogen-bond donors (Lipinski definition) is 4. The van der Waals surface area contributed by atoms with Gasteiger partial charge in [-0.25, -0.2) is 18.1 Å². The van der Waals surface area contributed by atoms with E-state index in [1.807, 2.05) is 20.8 Å². The lowest BCUT2D eigenvalue weighted by Gasteiger charge is -2.16. The summed E-state index contributed by atoms with van der Waals surface area (Å²) in [5.41, 5.74) is 0.924. The Labute approximate surface area is 213 Å². The van der Waals surface area contributed by atoms with Gasteiger partial charge in [0.2, 0.25) is 15.3 Å². The largest absolute Gasteiger partial charge is 0.387 e. The third kappa shape index (κ3) is 5.48.